The maximum absolute atomic E-state index is 12.8. The molecule has 2 rings (SSSR count). The summed E-state index contributed by atoms with van der Waals surface area (Å²) in [6, 6.07) is 7.60. The lowest BCUT2D eigenvalue weighted by atomic mass is 9.92. The van der Waals surface area contributed by atoms with Crippen molar-refractivity contribution < 1.29 is 14.3 Å². The molecule has 1 saturated heterocycles. The number of ether oxygens (including phenoxy) is 1. The first-order chi connectivity index (χ1) is 11.8. The Morgan fingerprint density at radius 1 is 1.44 bits per heavy atom. The van der Waals surface area contributed by atoms with Crippen molar-refractivity contribution >= 4 is 17.5 Å². The van der Waals surface area contributed by atoms with Crippen LogP contribution in [-0.4, -0.2) is 41.5 Å². The third-order valence-corrected chi connectivity index (χ3v) is 4.51. The summed E-state index contributed by atoms with van der Waals surface area (Å²) in [6.07, 6.45) is 3.27. The highest BCUT2D eigenvalue weighted by molar-refractivity contribution is 5.98. The Hall–Kier alpha value is -2.14. The summed E-state index contributed by atoms with van der Waals surface area (Å²) < 4.78 is 5.77. The predicted octanol–water partition coefficient (Wildman–Crippen LogP) is 3.16. The maximum Gasteiger partial charge on any atom is 0.247 e. The number of carbonyl (C=O) groups is 2. The summed E-state index contributed by atoms with van der Waals surface area (Å²) in [6.45, 7) is 11.0. The Morgan fingerprint density at radius 3 is 2.84 bits per heavy atom. The average Bonchev–Trinajstić information content (AvgIpc) is 2.54. The van der Waals surface area contributed by atoms with E-state index < -0.39 is 0 Å². The van der Waals surface area contributed by atoms with E-state index >= 15 is 0 Å². The van der Waals surface area contributed by atoms with Crippen molar-refractivity contribution in [3.63, 3.8) is 0 Å². The normalized spacial score (nSPS) is 19.1. The molecule has 2 amide bonds. The van der Waals surface area contributed by atoms with Crippen molar-refractivity contribution in [3.05, 3.63) is 42.5 Å². The molecule has 1 aliphatic rings. The van der Waals surface area contributed by atoms with Gasteiger partial charge in [-0.15, -0.1) is 0 Å². The van der Waals surface area contributed by atoms with Crippen LogP contribution in [0.2, 0.25) is 0 Å². The predicted molar refractivity (Wildman–Crippen MR) is 99.4 cm³/mol. The molecule has 1 unspecified atom stereocenters. The van der Waals surface area contributed by atoms with E-state index in [1.807, 2.05) is 30.0 Å². The van der Waals surface area contributed by atoms with Gasteiger partial charge in [0.05, 0.1) is 12.0 Å². The van der Waals surface area contributed by atoms with Crippen LogP contribution < -0.4 is 5.32 Å². The minimum absolute atomic E-state index is 0.109. The number of carbonyl (C=O) groups excluding carboxylic acids is 2. The van der Waals surface area contributed by atoms with Crippen LogP contribution in [-0.2, 0) is 20.7 Å². The molecule has 1 aliphatic heterocycles. The summed E-state index contributed by atoms with van der Waals surface area (Å²) in [5.41, 5.74) is 1.37. The zero-order chi connectivity index (χ0) is 18.4. The number of hydrogen-bond acceptors (Lipinski definition) is 3. The minimum atomic E-state index is -0.261. The number of nitrogens with zero attached hydrogens (tertiary/aromatic N) is 1. The molecule has 1 aromatic carbocycles. The second-order valence-electron chi connectivity index (χ2n) is 7.01. The highest BCUT2D eigenvalue weighted by Crippen LogP contribution is 2.27. The summed E-state index contributed by atoms with van der Waals surface area (Å²) in [5.74, 6) is -0.152. The molecule has 0 aromatic heterocycles. The second kappa shape index (κ2) is 8.30. The maximum atomic E-state index is 12.8. The lowest BCUT2D eigenvalue weighted by molar-refractivity contribution is -0.139. The van der Waals surface area contributed by atoms with Gasteiger partial charge >= 0.3 is 0 Å². The van der Waals surface area contributed by atoms with E-state index in [0.717, 1.165) is 18.4 Å². The first-order valence-corrected chi connectivity index (χ1v) is 8.80. The Balaban J connectivity index is 2.05. The summed E-state index contributed by atoms with van der Waals surface area (Å²) >= 11 is 0. The quantitative estimate of drug-likeness (QED) is 0.807. The fourth-order valence-electron chi connectivity index (χ4n) is 3.33. The van der Waals surface area contributed by atoms with E-state index in [0.29, 0.717) is 25.3 Å². The number of rotatable bonds is 6. The van der Waals surface area contributed by atoms with Crippen LogP contribution in [0.5, 0.6) is 0 Å². The molecule has 25 heavy (non-hydrogen) atoms. The van der Waals surface area contributed by atoms with Crippen LogP contribution >= 0.6 is 0 Å². The first-order valence-electron chi connectivity index (χ1n) is 8.80. The molecule has 1 atom stereocenters. The zero-order valence-corrected chi connectivity index (χ0v) is 15.4. The molecule has 5 nitrogen and oxygen atoms in total. The van der Waals surface area contributed by atoms with E-state index in [9.17, 15) is 9.59 Å². The van der Waals surface area contributed by atoms with Gasteiger partial charge in [0.25, 0.3) is 0 Å². The molecule has 0 bridgehead atoms. The van der Waals surface area contributed by atoms with Crippen molar-refractivity contribution in [1.29, 1.82) is 0 Å². The summed E-state index contributed by atoms with van der Waals surface area (Å²) in [5, 5.41) is 2.72. The van der Waals surface area contributed by atoms with Crippen molar-refractivity contribution in [3.8, 4) is 0 Å². The molecule has 136 valence electrons. The van der Waals surface area contributed by atoms with Crippen LogP contribution in [0.3, 0.4) is 0 Å². The fraction of sp³-hybridized carbons (Fsp3) is 0.500. The second-order valence-corrected chi connectivity index (χ2v) is 7.01. The van der Waals surface area contributed by atoms with Gasteiger partial charge in [-0.3, -0.25) is 9.59 Å². The molecule has 5 heteroatoms. The zero-order valence-electron chi connectivity index (χ0n) is 15.4. The van der Waals surface area contributed by atoms with Gasteiger partial charge in [0.15, 0.2) is 0 Å². The van der Waals surface area contributed by atoms with Crippen LogP contribution in [0.15, 0.2) is 36.9 Å². The van der Waals surface area contributed by atoms with Gasteiger partial charge in [0.2, 0.25) is 11.8 Å². The largest absolute Gasteiger partial charge is 0.375 e. The Kier molecular flexibility index (Phi) is 6.37. The standard InChI is InChI=1S/C20H28N2O3/c1-5-18(23)21-16-9-7-8-15(12-16)13-19(24)22(6-2)17-10-11-25-20(3,4)14-17/h5,7-9,12,17H,1,6,10-11,13-14H2,2-4H3,(H,21,23). The van der Waals surface area contributed by atoms with E-state index in [2.05, 4.69) is 25.7 Å². The third kappa shape index (κ3) is 5.43. The van der Waals surface area contributed by atoms with Crippen LogP contribution in [0.4, 0.5) is 5.69 Å². The molecule has 1 fully saturated rings. The Bertz CT molecular complexity index is 640. The number of hydrogen-bond donors (Lipinski definition) is 1. The highest BCUT2D eigenvalue weighted by atomic mass is 16.5. The molecule has 0 spiro atoms. The van der Waals surface area contributed by atoms with Gasteiger partial charge < -0.3 is 15.0 Å². The number of anilines is 1. The summed E-state index contributed by atoms with van der Waals surface area (Å²) in [4.78, 5) is 26.2. The average molecular weight is 344 g/mol. The molecule has 0 radical (unpaired) electrons. The smallest absolute Gasteiger partial charge is 0.247 e. The topological polar surface area (TPSA) is 58.6 Å². The van der Waals surface area contributed by atoms with Crippen molar-refractivity contribution in [1.82, 2.24) is 4.90 Å². The van der Waals surface area contributed by atoms with Crippen LogP contribution in [0.1, 0.15) is 39.2 Å². The Morgan fingerprint density at radius 2 is 2.20 bits per heavy atom. The summed E-state index contributed by atoms with van der Waals surface area (Å²) in [7, 11) is 0. The number of likely N-dealkylation sites (N-methyl/N-ethyl adjacent to an activating group) is 1. The van der Waals surface area contributed by atoms with Gasteiger partial charge in [-0.2, -0.15) is 0 Å². The minimum Gasteiger partial charge on any atom is -0.375 e. The monoisotopic (exact) mass is 344 g/mol. The van der Waals surface area contributed by atoms with Gasteiger partial charge in [0.1, 0.15) is 0 Å². The Labute approximate surface area is 150 Å². The first kappa shape index (κ1) is 19.2. The fourth-order valence-corrected chi connectivity index (χ4v) is 3.33. The molecule has 0 aliphatic carbocycles. The third-order valence-electron chi connectivity index (χ3n) is 4.51. The molecule has 0 saturated carbocycles. The number of amides is 2. The number of nitrogens with one attached hydrogen (secondary N) is 1. The lowest BCUT2D eigenvalue weighted by Gasteiger charge is -2.41. The van der Waals surface area contributed by atoms with Gasteiger partial charge in [0, 0.05) is 24.9 Å². The van der Waals surface area contributed by atoms with Gasteiger partial charge in [-0.25, -0.2) is 0 Å². The molecule has 1 N–H and O–H groups in total. The van der Waals surface area contributed by atoms with E-state index in [-0.39, 0.29) is 23.5 Å². The molecule has 1 heterocycles. The van der Waals surface area contributed by atoms with E-state index in [1.165, 1.54) is 6.08 Å². The van der Waals surface area contributed by atoms with E-state index in [1.54, 1.807) is 6.07 Å². The molecular formula is C20H28N2O3. The molecule has 1 aromatic rings. The van der Waals surface area contributed by atoms with Crippen molar-refractivity contribution in [2.45, 2.75) is 51.7 Å². The van der Waals surface area contributed by atoms with Gasteiger partial charge in [-0.05, 0) is 57.4 Å². The number of benzene rings is 1. The van der Waals surface area contributed by atoms with Crippen LogP contribution in [0, 0.1) is 0 Å². The lowest BCUT2D eigenvalue weighted by Crippen LogP contribution is -2.48. The SMILES string of the molecule is C=CC(=O)Nc1cccc(CC(=O)N(CC)C2CCOC(C)(C)C2)c1. The van der Waals surface area contributed by atoms with E-state index in [4.69, 9.17) is 4.74 Å². The highest BCUT2D eigenvalue weighted by Gasteiger charge is 2.33. The van der Waals surface area contributed by atoms with Crippen molar-refractivity contribution in [2.24, 2.45) is 0 Å². The van der Waals surface area contributed by atoms with Crippen molar-refractivity contribution in [2.75, 3.05) is 18.5 Å². The van der Waals surface area contributed by atoms with Gasteiger partial charge in [-0.1, -0.05) is 18.7 Å². The molecular weight excluding hydrogens is 316 g/mol. The van der Waals surface area contributed by atoms with Crippen LogP contribution in [0.25, 0.3) is 0 Å².